The third-order valence-electron chi connectivity index (χ3n) is 5.34. The third-order valence-corrected chi connectivity index (χ3v) is 5.34. The number of pyridine rings is 1. The number of nitrogens with zero attached hydrogens (tertiary/aromatic N) is 1. The predicted molar refractivity (Wildman–Crippen MR) is 135 cm³/mol. The molecule has 1 amide bonds. The molecule has 4 aromatic rings. The molecule has 0 aliphatic carbocycles. The van der Waals surface area contributed by atoms with Crippen LogP contribution in [0.5, 0.6) is 11.5 Å². The van der Waals surface area contributed by atoms with Gasteiger partial charge in [-0.1, -0.05) is 29.8 Å². The zero-order valence-corrected chi connectivity index (χ0v) is 19.8. The number of esters is 1. The van der Waals surface area contributed by atoms with E-state index in [4.69, 9.17) is 19.2 Å². The minimum atomic E-state index is -0.436. The van der Waals surface area contributed by atoms with E-state index in [1.165, 1.54) is 0 Å². The average molecular weight is 471 g/mol. The summed E-state index contributed by atoms with van der Waals surface area (Å²) in [5.41, 5.74) is 4.26. The maximum atomic E-state index is 12.6. The molecule has 0 bridgehead atoms. The van der Waals surface area contributed by atoms with Crippen molar-refractivity contribution in [1.29, 1.82) is 0 Å². The number of hydrogen-bond donors (Lipinski definition) is 1. The molecule has 4 rings (SSSR count). The van der Waals surface area contributed by atoms with Crippen LogP contribution in [-0.2, 0) is 9.53 Å². The number of methoxy groups -OCH3 is 1. The molecule has 35 heavy (non-hydrogen) atoms. The number of amides is 1. The van der Waals surface area contributed by atoms with Gasteiger partial charge >= 0.3 is 5.97 Å². The maximum Gasteiger partial charge on any atom is 0.338 e. The monoisotopic (exact) mass is 470 g/mol. The second-order valence-corrected chi connectivity index (χ2v) is 7.89. The summed E-state index contributed by atoms with van der Waals surface area (Å²) in [4.78, 5) is 29.6. The molecule has 0 atom stereocenters. The molecule has 7 nitrogen and oxygen atoms in total. The normalized spacial score (nSPS) is 10.6. The van der Waals surface area contributed by atoms with E-state index in [1.54, 1.807) is 38.3 Å². The molecule has 0 saturated carbocycles. The molecule has 7 heteroatoms. The number of carbonyl (C=O) groups is 2. The van der Waals surface area contributed by atoms with Crippen LogP contribution in [0.2, 0.25) is 0 Å². The molecule has 0 fully saturated rings. The molecule has 0 saturated heterocycles. The second kappa shape index (κ2) is 10.7. The van der Waals surface area contributed by atoms with Crippen LogP contribution in [-0.4, -0.2) is 37.2 Å². The molecule has 1 heterocycles. The summed E-state index contributed by atoms with van der Waals surface area (Å²) < 4.78 is 16.4. The Balaban J connectivity index is 1.67. The van der Waals surface area contributed by atoms with Gasteiger partial charge in [-0.25, -0.2) is 9.78 Å². The fourth-order valence-electron chi connectivity index (χ4n) is 3.56. The van der Waals surface area contributed by atoms with E-state index in [0.29, 0.717) is 39.3 Å². The van der Waals surface area contributed by atoms with Crippen LogP contribution < -0.4 is 14.8 Å². The van der Waals surface area contributed by atoms with Crippen LogP contribution in [0, 0.1) is 6.92 Å². The van der Waals surface area contributed by atoms with Crippen LogP contribution in [0.25, 0.3) is 22.2 Å². The molecule has 0 aliphatic rings. The summed E-state index contributed by atoms with van der Waals surface area (Å²) in [5.74, 6) is 0.387. The summed E-state index contributed by atoms with van der Waals surface area (Å²) in [6.07, 6.45) is 0. The van der Waals surface area contributed by atoms with Crippen molar-refractivity contribution in [3.05, 3.63) is 83.9 Å². The Bertz CT molecular complexity index is 1370. The SMILES string of the molecule is CCOC(=O)c1ccc2nc(-c3cccc(OC)c3)cc(OCC(=O)Nc3ccc(C)cc3)c2c1. The lowest BCUT2D eigenvalue weighted by atomic mass is 10.1. The van der Waals surface area contributed by atoms with Crippen LogP contribution in [0.4, 0.5) is 5.69 Å². The van der Waals surface area contributed by atoms with Crippen molar-refractivity contribution in [3.63, 3.8) is 0 Å². The fraction of sp³-hybridized carbons (Fsp3) is 0.179. The molecule has 1 N–H and O–H groups in total. The number of carbonyl (C=O) groups excluding carboxylic acids is 2. The van der Waals surface area contributed by atoms with Crippen molar-refractivity contribution < 1.29 is 23.8 Å². The fourth-order valence-corrected chi connectivity index (χ4v) is 3.56. The first kappa shape index (κ1) is 23.8. The topological polar surface area (TPSA) is 86.8 Å². The van der Waals surface area contributed by atoms with E-state index in [0.717, 1.165) is 11.1 Å². The number of anilines is 1. The number of aromatic nitrogens is 1. The van der Waals surface area contributed by atoms with E-state index >= 15 is 0 Å². The summed E-state index contributed by atoms with van der Waals surface area (Å²) in [5, 5.41) is 3.43. The van der Waals surface area contributed by atoms with Gasteiger partial charge in [-0.3, -0.25) is 4.79 Å². The Kier molecular flexibility index (Phi) is 7.26. The van der Waals surface area contributed by atoms with Crippen molar-refractivity contribution in [1.82, 2.24) is 4.98 Å². The molecular weight excluding hydrogens is 444 g/mol. The number of hydrogen-bond acceptors (Lipinski definition) is 6. The highest BCUT2D eigenvalue weighted by atomic mass is 16.5. The van der Waals surface area contributed by atoms with Crippen molar-refractivity contribution in [2.45, 2.75) is 13.8 Å². The second-order valence-electron chi connectivity index (χ2n) is 7.89. The van der Waals surface area contributed by atoms with E-state index in [1.807, 2.05) is 55.5 Å². The van der Waals surface area contributed by atoms with Gasteiger partial charge in [0.1, 0.15) is 11.5 Å². The lowest BCUT2D eigenvalue weighted by molar-refractivity contribution is -0.118. The number of benzene rings is 3. The summed E-state index contributed by atoms with van der Waals surface area (Å²) >= 11 is 0. The highest BCUT2D eigenvalue weighted by Crippen LogP contribution is 2.32. The molecule has 178 valence electrons. The largest absolute Gasteiger partial charge is 0.497 e. The Morgan fingerprint density at radius 3 is 2.51 bits per heavy atom. The minimum Gasteiger partial charge on any atom is -0.497 e. The lowest BCUT2D eigenvalue weighted by Gasteiger charge is -2.13. The number of nitrogens with one attached hydrogen (secondary N) is 1. The van der Waals surface area contributed by atoms with Crippen molar-refractivity contribution in [2.75, 3.05) is 25.6 Å². The number of ether oxygens (including phenoxy) is 3. The molecule has 0 radical (unpaired) electrons. The van der Waals surface area contributed by atoms with Crippen LogP contribution >= 0.6 is 0 Å². The van der Waals surface area contributed by atoms with Gasteiger partial charge in [-0.15, -0.1) is 0 Å². The average Bonchev–Trinajstić information content (AvgIpc) is 2.88. The Hall–Kier alpha value is -4.39. The molecule has 0 aliphatic heterocycles. The Labute approximate surface area is 203 Å². The molecular formula is C28H26N2O5. The number of rotatable bonds is 8. The first-order valence-corrected chi connectivity index (χ1v) is 11.2. The standard InChI is InChI=1S/C28H26N2O5/c1-4-34-28(32)20-10-13-24-23(15-20)26(16-25(30-24)19-6-5-7-22(14-19)33-3)35-17-27(31)29-21-11-8-18(2)9-12-21/h5-16H,4,17H2,1-3H3,(H,29,31). The van der Waals surface area contributed by atoms with Gasteiger partial charge in [0.2, 0.25) is 0 Å². The number of fused-ring (bicyclic) bond motifs is 1. The van der Waals surface area contributed by atoms with Crippen molar-refractivity contribution in [3.8, 4) is 22.8 Å². The van der Waals surface area contributed by atoms with Crippen molar-refractivity contribution in [2.24, 2.45) is 0 Å². The Morgan fingerprint density at radius 2 is 1.77 bits per heavy atom. The molecule has 1 aromatic heterocycles. The van der Waals surface area contributed by atoms with E-state index < -0.39 is 5.97 Å². The lowest BCUT2D eigenvalue weighted by Crippen LogP contribution is -2.20. The van der Waals surface area contributed by atoms with Gasteiger partial charge in [0, 0.05) is 22.7 Å². The van der Waals surface area contributed by atoms with Gasteiger partial charge in [-0.05, 0) is 56.3 Å². The quantitative estimate of drug-likeness (QED) is 0.346. The summed E-state index contributed by atoms with van der Waals surface area (Å²) in [6, 6.07) is 21.8. The first-order valence-electron chi connectivity index (χ1n) is 11.2. The smallest absolute Gasteiger partial charge is 0.338 e. The maximum absolute atomic E-state index is 12.6. The Morgan fingerprint density at radius 1 is 0.971 bits per heavy atom. The number of aryl methyl sites for hydroxylation is 1. The first-order chi connectivity index (χ1) is 17.0. The zero-order valence-electron chi connectivity index (χ0n) is 19.8. The minimum absolute atomic E-state index is 0.214. The summed E-state index contributed by atoms with van der Waals surface area (Å²) in [7, 11) is 1.60. The molecule has 0 unspecified atom stereocenters. The van der Waals surface area contributed by atoms with Gasteiger partial charge in [-0.2, -0.15) is 0 Å². The van der Waals surface area contributed by atoms with Crippen molar-refractivity contribution >= 4 is 28.5 Å². The van der Waals surface area contributed by atoms with Crippen LogP contribution in [0.1, 0.15) is 22.8 Å². The third kappa shape index (κ3) is 5.76. The van der Waals surface area contributed by atoms with Crippen LogP contribution in [0.15, 0.2) is 72.8 Å². The van der Waals surface area contributed by atoms with E-state index in [-0.39, 0.29) is 19.1 Å². The highest BCUT2D eigenvalue weighted by Gasteiger charge is 2.15. The van der Waals surface area contributed by atoms with E-state index in [9.17, 15) is 9.59 Å². The van der Waals surface area contributed by atoms with Gasteiger partial charge in [0.05, 0.1) is 30.5 Å². The van der Waals surface area contributed by atoms with Gasteiger partial charge in [0.25, 0.3) is 5.91 Å². The molecule has 3 aromatic carbocycles. The van der Waals surface area contributed by atoms with Crippen LogP contribution in [0.3, 0.4) is 0 Å². The van der Waals surface area contributed by atoms with Gasteiger partial charge < -0.3 is 19.5 Å². The summed E-state index contributed by atoms with van der Waals surface area (Å²) in [6.45, 7) is 3.79. The highest BCUT2D eigenvalue weighted by molar-refractivity contribution is 5.97. The zero-order chi connectivity index (χ0) is 24.8. The predicted octanol–water partition coefficient (Wildman–Crippen LogP) is 5.41. The van der Waals surface area contributed by atoms with Gasteiger partial charge in [0.15, 0.2) is 6.61 Å². The van der Waals surface area contributed by atoms with E-state index in [2.05, 4.69) is 5.32 Å². The molecule has 0 spiro atoms.